The van der Waals surface area contributed by atoms with E-state index in [-0.39, 0.29) is 11.9 Å². The Morgan fingerprint density at radius 3 is 2.69 bits per heavy atom. The third-order valence-corrected chi connectivity index (χ3v) is 1.48. The van der Waals surface area contributed by atoms with E-state index in [4.69, 9.17) is 16.6 Å². The fourth-order valence-electron chi connectivity index (χ4n) is 0.790. The van der Waals surface area contributed by atoms with E-state index in [0.29, 0.717) is 19.4 Å². The largest absolute Gasteiger partial charge is 0.383 e. The molecule has 76 valence electrons. The maximum atomic E-state index is 10.8. The van der Waals surface area contributed by atoms with Crippen molar-refractivity contribution in [3.8, 4) is 0 Å². The van der Waals surface area contributed by atoms with Crippen LogP contribution in [0.4, 0.5) is 0 Å². The van der Waals surface area contributed by atoms with Crippen LogP contribution in [0.5, 0.6) is 0 Å². The zero-order valence-corrected chi connectivity index (χ0v) is 7.66. The molecule has 6 heteroatoms. The summed E-state index contributed by atoms with van der Waals surface area (Å²) >= 11 is 0. The van der Waals surface area contributed by atoms with Crippen LogP contribution in [-0.2, 0) is 4.79 Å². The minimum atomic E-state index is -0.973. The maximum Gasteiger partial charge on any atom is 0.248 e. The number of rotatable bonds is 5. The second kappa shape index (κ2) is 6.24. The van der Waals surface area contributed by atoms with Crippen LogP contribution in [0.15, 0.2) is 4.99 Å². The molecule has 0 aliphatic rings. The first-order valence-corrected chi connectivity index (χ1v) is 4.03. The number of hydrogen-bond acceptors (Lipinski definition) is 3. The van der Waals surface area contributed by atoms with E-state index in [1.807, 2.05) is 0 Å². The van der Waals surface area contributed by atoms with Crippen molar-refractivity contribution >= 4 is 11.9 Å². The Balaban J connectivity index is 3.53. The van der Waals surface area contributed by atoms with E-state index >= 15 is 0 Å². The Morgan fingerprint density at radius 1 is 1.62 bits per heavy atom. The summed E-state index contributed by atoms with van der Waals surface area (Å²) < 4.78 is 0. The van der Waals surface area contributed by atoms with E-state index in [1.165, 1.54) is 7.05 Å². The summed E-state index contributed by atoms with van der Waals surface area (Å²) in [6, 6.07) is 0. The van der Waals surface area contributed by atoms with Crippen LogP contribution in [0.25, 0.3) is 0 Å². The number of likely N-dealkylation sites (N-methyl/N-ethyl adjacent to an activating group) is 1. The lowest BCUT2D eigenvalue weighted by molar-refractivity contribution is -0.129. The van der Waals surface area contributed by atoms with Crippen LogP contribution < -0.4 is 16.8 Å². The average Bonchev–Trinajstić information content (AvgIpc) is 2.10. The highest BCUT2D eigenvalue weighted by Crippen LogP contribution is 1.96. The summed E-state index contributed by atoms with van der Waals surface area (Å²) in [5.41, 5.74) is 10.2. The van der Waals surface area contributed by atoms with Gasteiger partial charge in [-0.05, 0) is 12.8 Å². The Kier molecular flexibility index (Phi) is 5.62. The number of carbonyl (C=O) groups is 1. The Labute approximate surface area is 77.0 Å². The molecule has 13 heavy (non-hydrogen) atoms. The monoisotopic (exact) mass is 188 g/mol. The van der Waals surface area contributed by atoms with Gasteiger partial charge in [-0.3, -0.25) is 9.79 Å². The quantitative estimate of drug-likeness (QED) is 0.230. The van der Waals surface area contributed by atoms with Gasteiger partial charge in [-0.25, -0.2) is 0 Å². The lowest BCUT2D eigenvalue weighted by atomic mass is 10.2. The highest BCUT2D eigenvalue weighted by Gasteiger charge is 2.11. The number of hydrogen-bond donors (Lipinski definition) is 4. The van der Waals surface area contributed by atoms with Gasteiger partial charge in [0.15, 0.2) is 5.96 Å². The van der Waals surface area contributed by atoms with Crippen LogP contribution >= 0.6 is 0 Å². The van der Waals surface area contributed by atoms with Crippen LogP contribution in [0.1, 0.15) is 12.8 Å². The second-order valence-corrected chi connectivity index (χ2v) is 2.58. The van der Waals surface area contributed by atoms with Crippen LogP contribution in [0, 0.1) is 0 Å². The Bertz CT molecular complexity index is 189. The summed E-state index contributed by atoms with van der Waals surface area (Å²) in [6.45, 7) is 0.427. The van der Waals surface area contributed by atoms with Crippen LogP contribution in [0.3, 0.4) is 0 Å². The highest BCUT2D eigenvalue weighted by molar-refractivity contribution is 5.80. The molecule has 0 saturated carbocycles. The summed E-state index contributed by atoms with van der Waals surface area (Å²) in [5.74, 6) is -0.362. The molecule has 0 aliphatic carbocycles. The molecule has 0 saturated heterocycles. The number of amides is 1. The second-order valence-electron chi connectivity index (χ2n) is 2.58. The Hall–Kier alpha value is -1.30. The normalized spacial score (nSPS) is 11.8. The van der Waals surface area contributed by atoms with Gasteiger partial charge >= 0.3 is 0 Å². The van der Waals surface area contributed by atoms with E-state index in [2.05, 4.69) is 10.3 Å². The molecule has 0 aliphatic heterocycles. The minimum Gasteiger partial charge on any atom is -0.383 e. The molecule has 0 radical (unpaired) electrons. The van der Waals surface area contributed by atoms with Gasteiger partial charge in [0.25, 0.3) is 0 Å². The molecule has 0 heterocycles. The summed E-state index contributed by atoms with van der Waals surface area (Å²) in [6.07, 6.45) is -0.0395. The van der Waals surface area contributed by atoms with E-state index in [1.54, 1.807) is 0 Å². The van der Waals surface area contributed by atoms with Gasteiger partial charge < -0.3 is 21.9 Å². The summed E-state index contributed by atoms with van der Waals surface area (Å²) in [7, 11) is 1.47. The average molecular weight is 188 g/mol. The number of nitrogens with one attached hydrogen (secondary N) is 1. The number of nitrogens with two attached hydrogens (primary N) is 2. The molecule has 6 N–H and O–H groups in total. The first kappa shape index (κ1) is 11.7. The molecule has 0 aromatic rings. The molecule has 1 atom stereocenters. The van der Waals surface area contributed by atoms with Gasteiger partial charge in [0.2, 0.25) is 5.91 Å². The molecule has 0 fully saturated rings. The first-order chi connectivity index (χ1) is 6.07. The fraction of sp³-hybridized carbons (Fsp3) is 0.714. The molecule has 1 amide bonds. The van der Waals surface area contributed by atoms with Crippen molar-refractivity contribution in [2.45, 2.75) is 18.9 Å². The van der Waals surface area contributed by atoms with Crippen molar-refractivity contribution < 1.29 is 9.90 Å². The molecule has 1 unspecified atom stereocenters. The molecule has 0 aromatic carbocycles. The Morgan fingerprint density at radius 2 is 2.23 bits per heavy atom. The summed E-state index contributed by atoms with van der Waals surface area (Å²) in [5, 5.41) is 11.5. The lowest BCUT2D eigenvalue weighted by Crippen LogP contribution is -2.31. The van der Waals surface area contributed by atoms with Gasteiger partial charge in [0.05, 0.1) is 0 Å². The standard InChI is InChI=1S/C7H16N4O2/c1-10-6(13)5(12)3-2-4-11-7(8)9/h5,12H,2-4H2,1H3,(H,10,13)(H4,8,9,11). The number of aliphatic hydroxyl groups excluding tert-OH is 1. The fourth-order valence-corrected chi connectivity index (χ4v) is 0.790. The topological polar surface area (TPSA) is 114 Å². The molecule has 6 nitrogen and oxygen atoms in total. The van der Waals surface area contributed by atoms with Gasteiger partial charge in [0.1, 0.15) is 6.10 Å². The molecule has 0 aromatic heterocycles. The van der Waals surface area contributed by atoms with Gasteiger partial charge in [-0.2, -0.15) is 0 Å². The van der Waals surface area contributed by atoms with Crippen molar-refractivity contribution in [2.24, 2.45) is 16.5 Å². The van der Waals surface area contributed by atoms with Crippen molar-refractivity contribution in [1.82, 2.24) is 5.32 Å². The van der Waals surface area contributed by atoms with Crippen molar-refractivity contribution in [3.05, 3.63) is 0 Å². The maximum absolute atomic E-state index is 10.8. The van der Waals surface area contributed by atoms with Gasteiger partial charge in [-0.1, -0.05) is 0 Å². The lowest BCUT2D eigenvalue weighted by Gasteiger charge is -2.06. The van der Waals surface area contributed by atoms with Crippen LogP contribution in [-0.4, -0.2) is 36.7 Å². The number of carbonyl (C=O) groups excluding carboxylic acids is 1. The van der Waals surface area contributed by atoms with E-state index in [9.17, 15) is 4.79 Å². The SMILES string of the molecule is CNC(=O)C(O)CCCN=C(N)N. The number of nitrogens with zero attached hydrogens (tertiary/aromatic N) is 1. The van der Waals surface area contributed by atoms with Crippen molar-refractivity contribution in [1.29, 1.82) is 0 Å². The third-order valence-electron chi connectivity index (χ3n) is 1.48. The summed E-state index contributed by atoms with van der Waals surface area (Å²) in [4.78, 5) is 14.5. The number of guanidine groups is 1. The molecular weight excluding hydrogens is 172 g/mol. The number of aliphatic hydroxyl groups is 1. The smallest absolute Gasteiger partial charge is 0.248 e. The molecule has 0 bridgehead atoms. The zero-order valence-electron chi connectivity index (χ0n) is 7.66. The van der Waals surface area contributed by atoms with Crippen molar-refractivity contribution in [2.75, 3.05) is 13.6 Å². The van der Waals surface area contributed by atoms with E-state index in [0.717, 1.165) is 0 Å². The predicted molar refractivity (Wildman–Crippen MR) is 50.0 cm³/mol. The molecule has 0 rings (SSSR count). The zero-order chi connectivity index (χ0) is 10.3. The highest BCUT2D eigenvalue weighted by atomic mass is 16.3. The third kappa shape index (κ3) is 5.92. The van der Waals surface area contributed by atoms with E-state index < -0.39 is 6.10 Å². The minimum absolute atomic E-state index is 0.0226. The predicted octanol–water partition coefficient (Wildman–Crippen LogP) is -1.85. The van der Waals surface area contributed by atoms with Gasteiger partial charge in [0, 0.05) is 13.6 Å². The van der Waals surface area contributed by atoms with Crippen LogP contribution in [0.2, 0.25) is 0 Å². The number of aliphatic imine (C=N–C) groups is 1. The molecule has 0 spiro atoms. The first-order valence-electron chi connectivity index (χ1n) is 4.03. The molecular formula is C7H16N4O2. The van der Waals surface area contributed by atoms with Crippen molar-refractivity contribution in [3.63, 3.8) is 0 Å². The van der Waals surface area contributed by atoms with Gasteiger partial charge in [-0.15, -0.1) is 0 Å².